The van der Waals surface area contributed by atoms with E-state index in [2.05, 4.69) is 54.2 Å². The van der Waals surface area contributed by atoms with Crippen LogP contribution in [0.5, 0.6) is 0 Å². The molecule has 0 aromatic heterocycles. The molecule has 2 rings (SSSR count). The Labute approximate surface area is 134 Å². The van der Waals surface area contributed by atoms with E-state index in [1.165, 1.54) is 16.7 Å². The topological polar surface area (TPSA) is 12.0 Å². The first kappa shape index (κ1) is 16.2. The second-order valence-electron chi connectivity index (χ2n) is 5.46. The normalized spacial score (nSPS) is 12.5. The van der Waals surface area contributed by atoms with Crippen molar-refractivity contribution >= 4 is 15.9 Å². The molecule has 21 heavy (non-hydrogen) atoms. The van der Waals surface area contributed by atoms with E-state index in [1.807, 2.05) is 12.1 Å². The van der Waals surface area contributed by atoms with Gasteiger partial charge in [0.2, 0.25) is 0 Å². The van der Waals surface area contributed by atoms with Gasteiger partial charge in [0.25, 0.3) is 0 Å². The number of halogens is 2. The molecule has 0 aliphatic rings. The number of hydrogen-bond donors (Lipinski definition) is 1. The molecule has 0 saturated carbocycles. The third-order valence-corrected chi connectivity index (χ3v) is 4.65. The minimum absolute atomic E-state index is 0.0110. The third-order valence-electron chi connectivity index (χ3n) is 3.80. The number of nitrogens with one attached hydrogen (secondary N) is 1. The molecule has 0 spiro atoms. The van der Waals surface area contributed by atoms with Gasteiger partial charge in [-0.15, -0.1) is 0 Å². The molecule has 0 fully saturated rings. The predicted octanol–water partition coefficient (Wildman–Crippen LogP) is 5.21. The van der Waals surface area contributed by atoms with Crippen LogP contribution in [0.4, 0.5) is 4.39 Å². The molecule has 0 aliphatic heterocycles. The van der Waals surface area contributed by atoms with Gasteiger partial charge < -0.3 is 5.32 Å². The van der Waals surface area contributed by atoms with Crippen molar-refractivity contribution in [2.75, 3.05) is 6.54 Å². The molecule has 1 unspecified atom stereocenters. The van der Waals surface area contributed by atoms with Crippen LogP contribution in [0.15, 0.2) is 34.8 Å². The monoisotopic (exact) mass is 349 g/mol. The van der Waals surface area contributed by atoms with E-state index in [9.17, 15) is 4.39 Å². The van der Waals surface area contributed by atoms with Gasteiger partial charge in [-0.25, -0.2) is 4.39 Å². The van der Waals surface area contributed by atoms with Crippen LogP contribution in [-0.2, 0) is 0 Å². The summed E-state index contributed by atoms with van der Waals surface area (Å²) in [6.45, 7) is 8.85. The molecule has 0 amide bonds. The average molecular weight is 350 g/mol. The number of benzene rings is 2. The standard InChI is InChI=1S/C18H21BrFN/c1-5-21-18(14-7-6-11(2)17(20)10-14)15-8-13(4)16(19)9-12(15)3/h6-10,18,21H,5H2,1-4H3. The van der Waals surface area contributed by atoms with Crippen molar-refractivity contribution in [2.24, 2.45) is 0 Å². The molecular weight excluding hydrogens is 329 g/mol. The van der Waals surface area contributed by atoms with Crippen LogP contribution < -0.4 is 5.32 Å². The lowest BCUT2D eigenvalue weighted by Gasteiger charge is -2.22. The number of hydrogen-bond acceptors (Lipinski definition) is 1. The minimum Gasteiger partial charge on any atom is -0.307 e. The Morgan fingerprint density at radius 2 is 1.76 bits per heavy atom. The molecule has 1 nitrogen and oxygen atoms in total. The number of rotatable bonds is 4. The van der Waals surface area contributed by atoms with Crippen molar-refractivity contribution in [1.82, 2.24) is 5.32 Å². The lowest BCUT2D eigenvalue weighted by atomic mass is 9.93. The Morgan fingerprint density at radius 3 is 2.38 bits per heavy atom. The first-order chi connectivity index (χ1) is 9.93. The van der Waals surface area contributed by atoms with E-state index in [0.29, 0.717) is 5.56 Å². The van der Waals surface area contributed by atoms with Gasteiger partial charge in [0, 0.05) is 4.47 Å². The fourth-order valence-electron chi connectivity index (χ4n) is 2.51. The highest BCUT2D eigenvalue weighted by Gasteiger charge is 2.17. The van der Waals surface area contributed by atoms with E-state index in [1.54, 1.807) is 13.0 Å². The highest BCUT2D eigenvalue weighted by molar-refractivity contribution is 9.10. The van der Waals surface area contributed by atoms with Crippen LogP contribution in [0, 0.1) is 26.6 Å². The second-order valence-corrected chi connectivity index (χ2v) is 6.31. The molecule has 0 heterocycles. The Kier molecular flexibility index (Phi) is 5.17. The zero-order valence-corrected chi connectivity index (χ0v) is 14.5. The maximum atomic E-state index is 13.9. The van der Waals surface area contributed by atoms with Crippen molar-refractivity contribution in [3.63, 3.8) is 0 Å². The van der Waals surface area contributed by atoms with E-state index >= 15 is 0 Å². The van der Waals surface area contributed by atoms with Crippen LogP contribution >= 0.6 is 15.9 Å². The lowest BCUT2D eigenvalue weighted by molar-refractivity contribution is 0.596. The smallest absolute Gasteiger partial charge is 0.126 e. The van der Waals surface area contributed by atoms with Gasteiger partial charge in [-0.2, -0.15) is 0 Å². The van der Waals surface area contributed by atoms with Crippen LogP contribution in [0.25, 0.3) is 0 Å². The minimum atomic E-state index is -0.151. The van der Waals surface area contributed by atoms with Crippen LogP contribution in [0.2, 0.25) is 0 Å². The zero-order chi connectivity index (χ0) is 15.6. The second kappa shape index (κ2) is 6.71. The van der Waals surface area contributed by atoms with Crippen molar-refractivity contribution in [2.45, 2.75) is 33.7 Å². The zero-order valence-electron chi connectivity index (χ0n) is 12.9. The van der Waals surface area contributed by atoms with E-state index in [0.717, 1.165) is 16.6 Å². The van der Waals surface area contributed by atoms with Crippen LogP contribution in [-0.4, -0.2) is 6.54 Å². The van der Waals surface area contributed by atoms with Gasteiger partial charge in [0.1, 0.15) is 5.82 Å². The fraction of sp³-hybridized carbons (Fsp3) is 0.333. The maximum absolute atomic E-state index is 13.9. The largest absolute Gasteiger partial charge is 0.307 e. The summed E-state index contributed by atoms with van der Waals surface area (Å²) in [5, 5.41) is 3.47. The molecule has 112 valence electrons. The maximum Gasteiger partial charge on any atom is 0.126 e. The summed E-state index contributed by atoms with van der Waals surface area (Å²) in [7, 11) is 0. The summed E-state index contributed by atoms with van der Waals surface area (Å²) in [4.78, 5) is 0. The summed E-state index contributed by atoms with van der Waals surface area (Å²) < 4.78 is 15.0. The molecule has 1 atom stereocenters. The highest BCUT2D eigenvalue weighted by atomic mass is 79.9. The molecule has 0 saturated heterocycles. The SMILES string of the molecule is CCNC(c1ccc(C)c(F)c1)c1cc(C)c(Br)cc1C. The van der Waals surface area contributed by atoms with E-state index in [4.69, 9.17) is 0 Å². The predicted molar refractivity (Wildman–Crippen MR) is 90.3 cm³/mol. The Morgan fingerprint density at radius 1 is 1.05 bits per heavy atom. The Hall–Kier alpha value is -1.19. The quantitative estimate of drug-likeness (QED) is 0.798. The molecule has 2 aromatic carbocycles. The molecule has 0 aliphatic carbocycles. The van der Waals surface area contributed by atoms with Gasteiger partial charge in [-0.05, 0) is 67.3 Å². The molecule has 0 radical (unpaired) electrons. The Balaban J connectivity index is 2.52. The average Bonchev–Trinajstić information content (AvgIpc) is 2.44. The van der Waals surface area contributed by atoms with Gasteiger partial charge in [0.05, 0.1) is 6.04 Å². The van der Waals surface area contributed by atoms with Gasteiger partial charge in [-0.3, -0.25) is 0 Å². The third kappa shape index (κ3) is 3.53. The number of aryl methyl sites for hydroxylation is 3. The van der Waals surface area contributed by atoms with Crippen molar-refractivity contribution in [1.29, 1.82) is 0 Å². The summed E-state index contributed by atoms with van der Waals surface area (Å²) in [6, 6.07) is 9.79. The van der Waals surface area contributed by atoms with Crippen molar-refractivity contribution in [3.8, 4) is 0 Å². The van der Waals surface area contributed by atoms with E-state index < -0.39 is 0 Å². The summed E-state index contributed by atoms with van der Waals surface area (Å²) in [5.74, 6) is -0.151. The van der Waals surface area contributed by atoms with E-state index in [-0.39, 0.29) is 11.9 Å². The van der Waals surface area contributed by atoms with Crippen molar-refractivity contribution in [3.05, 3.63) is 68.4 Å². The lowest BCUT2D eigenvalue weighted by Crippen LogP contribution is -2.23. The summed E-state index contributed by atoms with van der Waals surface area (Å²) in [5.41, 5.74) is 5.22. The Bertz CT molecular complexity index is 652. The summed E-state index contributed by atoms with van der Waals surface area (Å²) in [6.07, 6.45) is 0. The van der Waals surface area contributed by atoms with Gasteiger partial charge in [0.15, 0.2) is 0 Å². The van der Waals surface area contributed by atoms with Crippen LogP contribution in [0.1, 0.15) is 40.8 Å². The van der Waals surface area contributed by atoms with Gasteiger partial charge in [-0.1, -0.05) is 41.1 Å². The molecule has 2 aromatic rings. The van der Waals surface area contributed by atoms with Crippen LogP contribution in [0.3, 0.4) is 0 Å². The molecular formula is C18H21BrFN. The molecule has 1 N–H and O–H groups in total. The van der Waals surface area contributed by atoms with Crippen molar-refractivity contribution < 1.29 is 4.39 Å². The first-order valence-corrected chi connectivity index (χ1v) is 7.99. The first-order valence-electron chi connectivity index (χ1n) is 7.20. The highest BCUT2D eigenvalue weighted by Crippen LogP contribution is 2.30. The van der Waals surface area contributed by atoms with Gasteiger partial charge >= 0.3 is 0 Å². The fourth-order valence-corrected chi connectivity index (χ4v) is 2.97. The molecule has 0 bridgehead atoms. The summed E-state index contributed by atoms with van der Waals surface area (Å²) >= 11 is 3.57. The molecule has 3 heteroatoms.